The van der Waals surface area contributed by atoms with Crippen LogP contribution < -0.4 is 4.74 Å². The molecule has 2 fully saturated rings. The molecule has 1 saturated carbocycles. The topological polar surface area (TPSA) is 34.5 Å². The predicted octanol–water partition coefficient (Wildman–Crippen LogP) is 4.70. The van der Waals surface area contributed by atoms with Crippen molar-refractivity contribution in [3.8, 4) is 5.75 Å². The third-order valence-electron chi connectivity index (χ3n) is 6.00. The molecule has 1 aromatic heterocycles. The minimum atomic E-state index is 0.197. The number of amides is 1. The normalized spacial score (nSPS) is 18.9. The number of aromatic nitrogens is 1. The van der Waals surface area contributed by atoms with Crippen LogP contribution in [0, 0.1) is 6.92 Å². The average molecular weight is 340 g/mol. The van der Waals surface area contributed by atoms with Crippen LogP contribution in [-0.2, 0) is 0 Å². The lowest BCUT2D eigenvalue weighted by molar-refractivity contribution is 0.0793. The van der Waals surface area contributed by atoms with Gasteiger partial charge in [-0.2, -0.15) is 0 Å². The Labute approximate surface area is 149 Å². The molecule has 0 atom stereocenters. The molecule has 2 aromatic rings. The van der Waals surface area contributed by atoms with E-state index >= 15 is 0 Å². The SMILES string of the molecule is COc1ccc2c(c1)c(C(=O)N1CCCC1)c(C)n2C1CCCCC1. The number of carbonyl (C=O) groups excluding carboxylic acids is 1. The van der Waals surface area contributed by atoms with Crippen LogP contribution in [0.25, 0.3) is 10.9 Å². The van der Waals surface area contributed by atoms with E-state index in [0.29, 0.717) is 6.04 Å². The number of carbonyl (C=O) groups is 1. The number of nitrogens with zero attached hydrogens (tertiary/aromatic N) is 2. The molecule has 2 heterocycles. The van der Waals surface area contributed by atoms with Crippen LogP contribution in [0.2, 0.25) is 0 Å². The summed E-state index contributed by atoms with van der Waals surface area (Å²) < 4.78 is 7.88. The van der Waals surface area contributed by atoms with Crippen molar-refractivity contribution in [1.82, 2.24) is 9.47 Å². The molecule has 0 bridgehead atoms. The second kappa shape index (κ2) is 6.74. The van der Waals surface area contributed by atoms with Crippen molar-refractivity contribution in [3.63, 3.8) is 0 Å². The van der Waals surface area contributed by atoms with E-state index in [1.165, 1.54) is 37.6 Å². The number of benzene rings is 1. The van der Waals surface area contributed by atoms with Gasteiger partial charge in [0.05, 0.1) is 12.7 Å². The number of ether oxygens (including phenoxy) is 1. The van der Waals surface area contributed by atoms with E-state index in [9.17, 15) is 4.79 Å². The molecule has 0 N–H and O–H groups in total. The first-order valence-corrected chi connectivity index (χ1v) is 9.68. The molecular weight excluding hydrogens is 312 g/mol. The summed E-state index contributed by atoms with van der Waals surface area (Å²) in [5.41, 5.74) is 3.21. The summed E-state index contributed by atoms with van der Waals surface area (Å²) >= 11 is 0. The van der Waals surface area contributed by atoms with E-state index in [1.54, 1.807) is 7.11 Å². The van der Waals surface area contributed by atoms with Gasteiger partial charge in [0.15, 0.2) is 0 Å². The first kappa shape index (κ1) is 16.5. The minimum absolute atomic E-state index is 0.197. The van der Waals surface area contributed by atoms with Gasteiger partial charge >= 0.3 is 0 Å². The van der Waals surface area contributed by atoms with Crippen LogP contribution in [0.1, 0.15) is 67.0 Å². The Morgan fingerprint density at radius 1 is 1.08 bits per heavy atom. The summed E-state index contributed by atoms with van der Waals surface area (Å²) in [6, 6.07) is 6.72. The highest BCUT2D eigenvalue weighted by molar-refractivity contribution is 6.09. The Balaban J connectivity index is 1.87. The van der Waals surface area contributed by atoms with Crippen molar-refractivity contribution in [2.24, 2.45) is 0 Å². The second-order valence-electron chi connectivity index (χ2n) is 7.50. The number of hydrogen-bond acceptors (Lipinski definition) is 2. The molecule has 4 rings (SSSR count). The van der Waals surface area contributed by atoms with E-state index in [4.69, 9.17) is 4.74 Å². The highest BCUT2D eigenvalue weighted by atomic mass is 16.5. The van der Waals surface area contributed by atoms with Crippen LogP contribution in [0.15, 0.2) is 18.2 Å². The molecule has 2 aliphatic rings. The lowest BCUT2D eigenvalue weighted by Crippen LogP contribution is -2.28. The Morgan fingerprint density at radius 2 is 1.80 bits per heavy atom. The Bertz CT molecular complexity index is 781. The number of fused-ring (bicyclic) bond motifs is 1. The van der Waals surface area contributed by atoms with E-state index in [0.717, 1.165) is 48.3 Å². The number of hydrogen-bond donors (Lipinski definition) is 0. The van der Waals surface area contributed by atoms with E-state index < -0.39 is 0 Å². The lowest BCUT2D eigenvalue weighted by atomic mass is 9.95. The fourth-order valence-corrected chi connectivity index (χ4v) is 4.71. The highest BCUT2D eigenvalue weighted by Crippen LogP contribution is 2.37. The van der Waals surface area contributed by atoms with Gasteiger partial charge in [-0.3, -0.25) is 4.79 Å². The fourth-order valence-electron chi connectivity index (χ4n) is 4.71. The Morgan fingerprint density at radius 3 is 2.48 bits per heavy atom. The van der Waals surface area contributed by atoms with Gasteiger partial charge < -0.3 is 14.2 Å². The third-order valence-corrected chi connectivity index (χ3v) is 6.00. The van der Waals surface area contributed by atoms with Crippen LogP contribution >= 0.6 is 0 Å². The van der Waals surface area contributed by atoms with Gasteiger partial charge in [0, 0.05) is 35.7 Å². The molecule has 25 heavy (non-hydrogen) atoms. The molecule has 1 aromatic carbocycles. The van der Waals surface area contributed by atoms with E-state index in [2.05, 4.69) is 17.6 Å². The largest absolute Gasteiger partial charge is 0.497 e. The smallest absolute Gasteiger partial charge is 0.256 e. The number of rotatable bonds is 3. The maximum atomic E-state index is 13.2. The Hall–Kier alpha value is -1.97. The lowest BCUT2D eigenvalue weighted by Gasteiger charge is -2.26. The van der Waals surface area contributed by atoms with Gasteiger partial charge in [0.25, 0.3) is 5.91 Å². The zero-order valence-corrected chi connectivity index (χ0v) is 15.4. The third kappa shape index (κ3) is 2.82. The maximum Gasteiger partial charge on any atom is 0.256 e. The minimum Gasteiger partial charge on any atom is -0.497 e. The van der Waals surface area contributed by atoms with E-state index in [1.807, 2.05) is 17.0 Å². The van der Waals surface area contributed by atoms with Gasteiger partial charge in [-0.25, -0.2) is 0 Å². The van der Waals surface area contributed by atoms with Gasteiger partial charge in [0.1, 0.15) is 5.75 Å². The summed E-state index contributed by atoms with van der Waals surface area (Å²) in [4.78, 5) is 15.3. The standard InChI is InChI=1S/C21H28N2O2/c1-15-20(21(24)22-12-6-7-13-22)18-14-17(25-2)10-11-19(18)23(15)16-8-4-3-5-9-16/h10-11,14,16H,3-9,12-13H2,1-2H3. The van der Waals surface area contributed by atoms with Crippen LogP contribution in [0.3, 0.4) is 0 Å². The second-order valence-corrected chi connectivity index (χ2v) is 7.50. The quantitative estimate of drug-likeness (QED) is 0.812. The summed E-state index contributed by atoms with van der Waals surface area (Å²) in [5.74, 6) is 1.02. The van der Waals surface area contributed by atoms with Crippen LogP contribution in [0.5, 0.6) is 5.75 Å². The molecule has 1 saturated heterocycles. The first-order valence-electron chi connectivity index (χ1n) is 9.68. The molecule has 4 heteroatoms. The van der Waals surface area contributed by atoms with Crippen LogP contribution in [0.4, 0.5) is 0 Å². The molecule has 1 aliphatic carbocycles. The molecule has 134 valence electrons. The molecule has 0 radical (unpaired) electrons. The fraction of sp³-hybridized carbons (Fsp3) is 0.571. The van der Waals surface area contributed by atoms with Crippen molar-refractivity contribution in [1.29, 1.82) is 0 Å². The van der Waals surface area contributed by atoms with Gasteiger partial charge in [0.2, 0.25) is 0 Å². The summed E-state index contributed by atoms with van der Waals surface area (Å²) in [5, 5.41) is 1.05. The number of likely N-dealkylation sites (tertiary alicyclic amines) is 1. The Kier molecular flexibility index (Phi) is 4.45. The highest BCUT2D eigenvalue weighted by Gasteiger charge is 2.29. The summed E-state index contributed by atoms with van der Waals surface area (Å²) in [6.45, 7) is 3.90. The van der Waals surface area contributed by atoms with E-state index in [-0.39, 0.29) is 5.91 Å². The van der Waals surface area contributed by atoms with Gasteiger partial charge in [-0.05, 0) is 50.8 Å². The average Bonchev–Trinajstić information content (AvgIpc) is 3.27. The zero-order valence-electron chi connectivity index (χ0n) is 15.4. The predicted molar refractivity (Wildman–Crippen MR) is 100 cm³/mol. The summed E-state index contributed by atoms with van der Waals surface area (Å²) in [7, 11) is 1.69. The van der Waals surface area contributed by atoms with Crippen molar-refractivity contribution < 1.29 is 9.53 Å². The number of methoxy groups -OCH3 is 1. The van der Waals surface area contributed by atoms with Gasteiger partial charge in [-0.15, -0.1) is 0 Å². The summed E-state index contributed by atoms with van der Waals surface area (Å²) in [6.07, 6.45) is 8.58. The molecule has 1 aliphatic heterocycles. The van der Waals surface area contributed by atoms with Crippen molar-refractivity contribution in [2.45, 2.75) is 57.9 Å². The molecular formula is C21H28N2O2. The van der Waals surface area contributed by atoms with Crippen molar-refractivity contribution in [2.75, 3.05) is 20.2 Å². The molecule has 1 amide bonds. The molecule has 4 nitrogen and oxygen atoms in total. The maximum absolute atomic E-state index is 13.2. The van der Waals surface area contributed by atoms with Crippen molar-refractivity contribution in [3.05, 3.63) is 29.5 Å². The zero-order chi connectivity index (χ0) is 17.4. The van der Waals surface area contributed by atoms with Gasteiger partial charge in [-0.1, -0.05) is 19.3 Å². The first-order chi connectivity index (χ1) is 12.2. The molecule has 0 spiro atoms. The van der Waals surface area contributed by atoms with Crippen molar-refractivity contribution >= 4 is 16.8 Å². The monoisotopic (exact) mass is 340 g/mol. The van der Waals surface area contributed by atoms with Crippen LogP contribution in [-0.4, -0.2) is 35.6 Å². The molecule has 0 unspecified atom stereocenters.